The van der Waals surface area contributed by atoms with Crippen molar-refractivity contribution in [2.24, 2.45) is 7.05 Å². The fourth-order valence-corrected chi connectivity index (χ4v) is 3.00. The van der Waals surface area contributed by atoms with Gasteiger partial charge in [-0.15, -0.1) is 0 Å². The van der Waals surface area contributed by atoms with Gasteiger partial charge in [0, 0.05) is 24.2 Å². The third kappa shape index (κ3) is 3.24. The van der Waals surface area contributed by atoms with E-state index >= 15 is 0 Å². The fraction of sp³-hybridized carbons (Fsp3) is 0.368. The number of hydrogen-bond donors (Lipinski definition) is 1. The van der Waals surface area contributed by atoms with Crippen molar-refractivity contribution in [2.75, 3.05) is 0 Å². The standard InChI is InChI=1S/C19H21N5O2/c1-11-5-4-6-14(9-11)17-21-19(26-23-17)12(2)20-18(25)15-10-16(13-7-8-13)24(3)22-15/h4-6,9-10,12-13H,7-8H2,1-3H3,(H,20,25)/t12-/m0/s1. The minimum atomic E-state index is -0.403. The fourth-order valence-electron chi connectivity index (χ4n) is 3.00. The molecule has 1 aliphatic rings. The summed E-state index contributed by atoms with van der Waals surface area (Å²) in [6.45, 7) is 3.83. The minimum absolute atomic E-state index is 0.240. The lowest BCUT2D eigenvalue weighted by molar-refractivity contribution is 0.0926. The first-order valence-electron chi connectivity index (χ1n) is 8.76. The summed E-state index contributed by atoms with van der Waals surface area (Å²) in [6, 6.07) is 9.34. The van der Waals surface area contributed by atoms with Crippen LogP contribution in [0.15, 0.2) is 34.9 Å². The molecule has 2 heterocycles. The van der Waals surface area contributed by atoms with Gasteiger partial charge in [0.15, 0.2) is 0 Å². The Morgan fingerprint density at radius 2 is 2.15 bits per heavy atom. The molecule has 134 valence electrons. The molecular weight excluding hydrogens is 330 g/mol. The number of aromatic nitrogens is 4. The molecule has 1 atom stereocenters. The molecule has 1 aromatic carbocycles. The van der Waals surface area contributed by atoms with E-state index in [0.717, 1.165) is 16.8 Å². The summed E-state index contributed by atoms with van der Waals surface area (Å²) in [5, 5.41) is 11.2. The molecular formula is C19H21N5O2. The van der Waals surface area contributed by atoms with Gasteiger partial charge in [-0.2, -0.15) is 10.1 Å². The third-order valence-corrected chi connectivity index (χ3v) is 4.58. The van der Waals surface area contributed by atoms with Crippen LogP contribution in [-0.2, 0) is 7.05 Å². The summed E-state index contributed by atoms with van der Waals surface area (Å²) in [5.74, 6) is 1.18. The summed E-state index contributed by atoms with van der Waals surface area (Å²) < 4.78 is 7.12. The number of rotatable bonds is 5. The Morgan fingerprint density at radius 1 is 1.35 bits per heavy atom. The number of hydrogen-bond acceptors (Lipinski definition) is 5. The van der Waals surface area contributed by atoms with E-state index in [1.54, 1.807) is 4.68 Å². The first kappa shape index (κ1) is 16.5. The molecule has 0 bridgehead atoms. The maximum atomic E-state index is 12.5. The lowest BCUT2D eigenvalue weighted by atomic mass is 10.1. The van der Waals surface area contributed by atoms with Gasteiger partial charge >= 0.3 is 0 Å². The summed E-state index contributed by atoms with van der Waals surface area (Å²) in [5.41, 5.74) is 3.54. The summed E-state index contributed by atoms with van der Waals surface area (Å²) >= 11 is 0. The van der Waals surface area contributed by atoms with E-state index in [1.165, 1.54) is 12.8 Å². The Morgan fingerprint density at radius 3 is 2.88 bits per heavy atom. The van der Waals surface area contributed by atoms with Gasteiger partial charge in [-0.1, -0.05) is 28.9 Å². The van der Waals surface area contributed by atoms with E-state index in [9.17, 15) is 4.79 Å². The molecule has 1 fully saturated rings. The predicted octanol–water partition coefficient (Wildman–Crippen LogP) is 3.15. The van der Waals surface area contributed by atoms with Gasteiger partial charge in [-0.3, -0.25) is 9.48 Å². The quantitative estimate of drug-likeness (QED) is 0.763. The molecule has 0 saturated heterocycles. The van der Waals surface area contributed by atoms with Crippen molar-refractivity contribution >= 4 is 5.91 Å². The van der Waals surface area contributed by atoms with Crippen LogP contribution in [0.3, 0.4) is 0 Å². The first-order valence-corrected chi connectivity index (χ1v) is 8.76. The van der Waals surface area contributed by atoms with Crippen LogP contribution in [0.1, 0.15) is 59.4 Å². The molecule has 7 nitrogen and oxygen atoms in total. The number of benzene rings is 1. The number of amides is 1. The second kappa shape index (κ2) is 6.40. The molecule has 2 aromatic heterocycles. The smallest absolute Gasteiger partial charge is 0.272 e. The molecule has 4 rings (SSSR count). The van der Waals surface area contributed by atoms with E-state index in [1.807, 2.05) is 51.2 Å². The number of carbonyl (C=O) groups is 1. The molecule has 1 aliphatic carbocycles. The maximum Gasteiger partial charge on any atom is 0.272 e. The van der Waals surface area contributed by atoms with Crippen LogP contribution in [0.4, 0.5) is 0 Å². The molecule has 1 saturated carbocycles. The highest BCUT2D eigenvalue weighted by Crippen LogP contribution is 2.39. The highest BCUT2D eigenvalue weighted by molar-refractivity contribution is 5.92. The summed E-state index contributed by atoms with van der Waals surface area (Å²) in [4.78, 5) is 16.9. The van der Waals surface area contributed by atoms with Crippen LogP contribution >= 0.6 is 0 Å². The van der Waals surface area contributed by atoms with Crippen molar-refractivity contribution in [3.63, 3.8) is 0 Å². The van der Waals surface area contributed by atoms with Crippen molar-refractivity contribution in [2.45, 2.75) is 38.6 Å². The highest BCUT2D eigenvalue weighted by Gasteiger charge is 2.28. The molecule has 0 unspecified atom stereocenters. The maximum absolute atomic E-state index is 12.5. The van der Waals surface area contributed by atoms with Crippen molar-refractivity contribution in [3.8, 4) is 11.4 Å². The molecule has 1 amide bonds. The Balaban J connectivity index is 1.47. The van der Waals surface area contributed by atoms with E-state index in [0.29, 0.717) is 23.3 Å². The van der Waals surface area contributed by atoms with E-state index in [2.05, 4.69) is 20.6 Å². The minimum Gasteiger partial charge on any atom is -0.339 e. The molecule has 7 heteroatoms. The number of carbonyl (C=O) groups excluding carboxylic acids is 1. The van der Waals surface area contributed by atoms with Crippen molar-refractivity contribution < 1.29 is 9.32 Å². The Kier molecular flexibility index (Phi) is 4.06. The SMILES string of the molecule is Cc1cccc(-c2noc([C@H](C)NC(=O)c3cc(C4CC4)n(C)n3)n2)c1. The number of nitrogens with one attached hydrogen (secondary N) is 1. The molecule has 26 heavy (non-hydrogen) atoms. The highest BCUT2D eigenvalue weighted by atomic mass is 16.5. The first-order chi connectivity index (χ1) is 12.5. The van der Waals surface area contributed by atoms with Gasteiger partial charge in [-0.25, -0.2) is 0 Å². The van der Waals surface area contributed by atoms with Crippen LogP contribution < -0.4 is 5.32 Å². The lowest BCUT2D eigenvalue weighted by Crippen LogP contribution is -2.27. The normalized spacial score (nSPS) is 15.0. The summed E-state index contributed by atoms with van der Waals surface area (Å²) in [7, 11) is 1.87. The molecule has 1 N–H and O–H groups in total. The average Bonchev–Trinajstić information content (AvgIpc) is 3.18. The van der Waals surface area contributed by atoms with E-state index in [4.69, 9.17) is 4.52 Å². The van der Waals surface area contributed by atoms with Gasteiger partial charge in [0.2, 0.25) is 11.7 Å². The topological polar surface area (TPSA) is 85.8 Å². The van der Waals surface area contributed by atoms with Crippen molar-refractivity contribution in [1.29, 1.82) is 0 Å². The van der Waals surface area contributed by atoms with Crippen LogP contribution in [0.2, 0.25) is 0 Å². The monoisotopic (exact) mass is 351 g/mol. The lowest BCUT2D eigenvalue weighted by Gasteiger charge is -2.07. The Hall–Kier alpha value is -2.96. The second-order valence-electron chi connectivity index (χ2n) is 6.87. The van der Waals surface area contributed by atoms with Crippen molar-refractivity contribution in [3.05, 3.63) is 53.2 Å². The Bertz CT molecular complexity index is 955. The zero-order chi connectivity index (χ0) is 18.3. The van der Waals surface area contributed by atoms with Crippen LogP contribution in [-0.4, -0.2) is 25.8 Å². The zero-order valence-electron chi connectivity index (χ0n) is 15.1. The largest absolute Gasteiger partial charge is 0.339 e. The predicted molar refractivity (Wildman–Crippen MR) is 95.5 cm³/mol. The zero-order valence-corrected chi connectivity index (χ0v) is 15.1. The summed E-state index contributed by atoms with van der Waals surface area (Å²) in [6.07, 6.45) is 2.33. The van der Waals surface area contributed by atoms with E-state index in [-0.39, 0.29) is 5.91 Å². The third-order valence-electron chi connectivity index (χ3n) is 4.58. The van der Waals surface area contributed by atoms with Gasteiger partial charge in [0.05, 0.1) is 0 Å². The van der Waals surface area contributed by atoms with Gasteiger partial charge in [0.1, 0.15) is 11.7 Å². The molecule has 0 aliphatic heterocycles. The molecule has 0 radical (unpaired) electrons. The van der Waals surface area contributed by atoms with Crippen LogP contribution in [0, 0.1) is 6.92 Å². The van der Waals surface area contributed by atoms with Gasteiger partial charge < -0.3 is 9.84 Å². The number of aryl methyl sites for hydroxylation is 2. The van der Waals surface area contributed by atoms with Gasteiger partial charge in [-0.05, 0) is 38.8 Å². The van der Waals surface area contributed by atoms with Crippen LogP contribution in [0.5, 0.6) is 0 Å². The van der Waals surface area contributed by atoms with Gasteiger partial charge in [0.25, 0.3) is 5.91 Å². The molecule has 3 aromatic rings. The van der Waals surface area contributed by atoms with Crippen molar-refractivity contribution in [1.82, 2.24) is 25.2 Å². The van der Waals surface area contributed by atoms with E-state index < -0.39 is 6.04 Å². The number of nitrogens with zero attached hydrogens (tertiary/aromatic N) is 4. The molecule has 0 spiro atoms. The Labute approximate surface area is 151 Å². The second-order valence-corrected chi connectivity index (χ2v) is 6.87. The average molecular weight is 351 g/mol. The van der Waals surface area contributed by atoms with Crippen LogP contribution in [0.25, 0.3) is 11.4 Å².